The van der Waals surface area contributed by atoms with Crippen LogP contribution in [0.15, 0.2) is 42.5 Å². The SMILES string of the molecule is O=C(CN1C(=O)c2ccccc2C1=O)N1CCN(c2ccc(Cl)c(Cl)c2)CC1. The Labute approximate surface area is 172 Å². The van der Waals surface area contributed by atoms with E-state index in [0.29, 0.717) is 47.4 Å². The Bertz CT molecular complexity index is 936. The summed E-state index contributed by atoms with van der Waals surface area (Å²) in [4.78, 5) is 42.3. The van der Waals surface area contributed by atoms with Crippen molar-refractivity contribution >= 4 is 46.6 Å². The Kier molecular flexibility index (Phi) is 5.00. The zero-order chi connectivity index (χ0) is 19.8. The maximum Gasteiger partial charge on any atom is 0.262 e. The summed E-state index contributed by atoms with van der Waals surface area (Å²) in [6.45, 7) is 2.03. The summed E-state index contributed by atoms with van der Waals surface area (Å²) < 4.78 is 0. The summed E-state index contributed by atoms with van der Waals surface area (Å²) in [7, 11) is 0. The molecule has 0 aliphatic carbocycles. The molecule has 1 fully saturated rings. The van der Waals surface area contributed by atoms with E-state index in [2.05, 4.69) is 4.90 Å². The van der Waals surface area contributed by atoms with Gasteiger partial charge in [-0.3, -0.25) is 19.3 Å². The van der Waals surface area contributed by atoms with Crippen molar-refractivity contribution in [2.75, 3.05) is 37.6 Å². The van der Waals surface area contributed by atoms with E-state index in [1.165, 1.54) is 0 Å². The minimum absolute atomic E-state index is 0.233. The fourth-order valence-electron chi connectivity index (χ4n) is 3.51. The van der Waals surface area contributed by atoms with Gasteiger partial charge in [0.05, 0.1) is 21.2 Å². The molecule has 2 heterocycles. The monoisotopic (exact) mass is 417 g/mol. The zero-order valence-electron chi connectivity index (χ0n) is 14.9. The van der Waals surface area contributed by atoms with Crippen LogP contribution in [0.5, 0.6) is 0 Å². The molecule has 2 aliphatic rings. The molecule has 0 saturated carbocycles. The molecule has 144 valence electrons. The number of hydrogen-bond donors (Lipinski definition) is 0. The first kappa shape index (κ1) is 18.8. The van der Waals surface area contributed by atoms with Gasteiger partial charge in [0.1, 0.15) is 6.54 Å². The zero-order valence-corrected chi connectivity index (χ0v) is 16.4. The Morgan fingerprint density at radius 2 is 1.46 bits per heavy atom. The van der Waals surface area contributed by atoms with Crippen LogP contribution in [0.2, 0.25) is 10.0 Å². The van der Waals surface area contributed by atoms with Crippen LogP contribution in [0.4, 0.5) is 5.69 Å². The summed E-state index contributed by atoms with van der Waals surface area (Å²) in [6.07, 6.45) is 0. The highest BCUT2D eigenvalue weighted by atomic mass is 35.5. The van der Waals surface area contributed by atoms with E-state index >= 15 is 0 Å². The largest absolute Gasteiger partial charge is 0.368 e. The van der Waals surface area contributed by atoms with E-state index in [9.17, 15) is 14.4 Å². The summed E-state index contributed by atoms with van der Waals surface area (Å²) in [6, 6.07) is 12.1. The molecule has 28 heavy (non-hydrogen) atoms. The van der Waals surface area contributed by atoms with E-state index in [1.54, 1.807) is 41.3 Å². The number of hydrogen-bond acceptors (Lipinski definition) is 4. The van der Waals surface area contributed by atoms with Crippen LogP contribution in [-0.4, -0.2) is 60.2 Å². The topological polar surface area (TPSA) is 60.9 Å². The number of piperazine rings is 1. The van der Waals surface area contributed by atoms with Gasteiger partial charge in [-0.1, -0.05) is 35.3 Å². The van der Waals surface area contributed by atoms with Gasteiger partial charge in [0.25, 0.3) is 11.8 Å². The quantitative estimate of drug-likeness (QED) is 0.720. The summed E-state index contributed by atoms with van der Waals surface area (Å²) in [5.41, 5.74) is 1.65. The Morgan fingerprint density at radius 1 is 0.857 bits per heavy atom. The fourth-order valence-corrected chi connectivity index (χ4v) is 3.81. The number of amides is 3. The molecule has 0 N–H and O–H groups in total. The molecule has 0 aromatic heterocycles. The maximum absolute atomic E-state index is 12.7. The van der Waals surface area contributed by atoms with Crippen molar-refractivity contribution in [2.45, 2.75) is 0 Å². The van der Waals surface area contributed by atoms with Gasteiger partial charge in [0.2, 0.25) is 5.91 Å². The van der Waals surface area contributed by atoms with Crippen LogP contribution in [0, 0.1) is 0 Å². The van der Waals surface area contributed by atoms with Gasteiger partial charge in [-0.25, -0.2) is 0 Å². The van der Waals surface area contributed by atoms with Gasteiger partial charge in [-0.15, -0.1) is 0 Å². The molecule has 0 radical (unpaired) electrons. The van der Waals surface area contributed by atoms with E-state index in [4.69, 9.17) is 23.2 Å². The average Bonchev–Trinajstić information content (AvgIpc) is 2.95. The van der Waals surface area contributed by atoms with Crippen molar-refractivity contribution < 1.29 is 14.4 Å². The Balaban J connectivity index is 1.38. The smallest absolute Gasteiger partial charge is 0.262 e. The molecular weight excluding hydrogens is 401 g/mol. The highest BCUT2D eigenvalue weighted by Gasteiger charge is 2.37. The molecule has 0 spiro atoms. The van der Waals surface area contributed by atoms with Crippen molar-refractivity contribution in [3.63, 3.8) is 0 Å². The molecule has 3 amide bonds. The third-order valence-electron chi connectivity index (χ3n) is 5.07. The molecule has 2 aromatic rings. The fraction of sp³-hybridized carbons (Fsp3) is 0.250. The standard InChI is InChI=1S/C20H17Cl2N3O3/c21-16-6-5-13(11-17(16)22)23-7-9-24(10-8-23)18(26)12-25-19(27)14-3-1-2-4-15(14)20(25)28/h1-6,11H,7-10,12H2. The average molecular weight is 418 g/mol. The molecule has 2 aliphatic heterocycles. The van der Waals surface area contributed by atoms with Gasteiger partial charge in [-0.05, 0) is 30.3 Å². The highest BCUT2D eigenvalue weighted by molar-refractivity contribution is 6.42. The first-order valence-electron chi connectivity index (χ1n) is 8.88. The molecular formula is C20H17Cl2N3O3. The number of nitrogens with zero attached hydrogens (tertiary/aromatic N) is 3. The number of halogens is 2. The van der Waals surface area contributed by atoms with Crippen molar-refractivity contribution in [1.29, 1.82) is 0 Å². The number of imide groups is 1. The van der Waals surface area contributed by atoms with E-state index < -0.39 is 11.8 Å². The van der Waals surface area contributed by atoms with Crippen LogP contribution < -0.4 is 4.90 Å². The Hall–Kier alpha value is -2.57. The van der Waals surface area contributed by atoms with E-state index in [0.717, 1.165) is 10.6 Å². The predicted molar refractivity (Wildman–Crippen MR) is 107 cm³/mol. The van der Waals surface area contributed by atoms with Crippen molar-refractivity contribution in [1.82, 2.24) is 9.80 Å². The molecule has 6 nitrogen and oxygen atoms in total. The summed E-state index contributed by atoms with van der Waals surface area (Å²) in [5.74, 6) is -1.06. The third-order valence-corrected chi connectivity index (χ3v) is 5.81. The number of rotatable bonds is 3. The van der Waals surface area contributed by atoms with E-state index in [1.807, 2.05) is 6.07 Å². The molecule has 0 atom stereocenters. The lowest BCUT2D eigenvalue weighted by Crippen LogP contribution is -2.51. The minimum atomic E-state index is -0.414. The number of carbonyl (C=O) groups excluding carboxylic acids is 3. The van der Waals surface area contributed by atoms with E-state index in [-0.39, 0.29) is 12.5 Å². The molecule has 4 rings (SSSR count). The molecule has 2 aromatic carbocycles. The van der Waals surface area contributed by atoms with Gasteiger partial charge < -0.3 is 9.80 Å². The number of benzene rings is 2. The molecule has 0 unspecified atom stereocenters. The highest BCUT2D eigenvalue weighted by Crippen LogP contribution is 2.28. The van der Waals surface area contributed by atoms with Crippen LogP contribution >= 0.6 is 23.2 Å². The van der Waals surface area contributed by atoms with Gasteiger partial charge in [-0.2, -0.15) is 0 Å². The van der Waals surface area contributed by atoms with Crippen LogP contribution in [-0.2, 0) is 4.79 Å². The lowest BCUT2D eigenvalue weighted by Gasteiger charge is -2.36. The second-order valence-corrected chi connectivity index (χ2v) is 7.52. The van der Waals surface area contributed by atoms with Crippen LogP contribution in [0.3, 0.4) is 0 Å². The second-order valence-electron chi connectivity index (χ2n) is 6.71. The minimum Gasteiger partial charge on any atom is -0.368 e. The normalized spacial score (nSPS) is 16.6. The summed E-state index contributed by atoms with van der Waals surface area (Å²) >= 11 is 12.0. The van der Waals surface area contributed by atoms with Gasteiger partial charge in [0.15, 0.2) is 0 Å². The van der Waals surface area contributed by atoms with Gasteiger partial charge in [0, 0.05) is 31.9 Å². The Morgan fingerprint density at radius 3 is 2.04 bits per heavy atom. The van der Waals surface area contributed by atoms with Crippen molar-refractivity contribution in [2.24, 2.45) is 0 Å². The first-order chi connectivity index (χ1) is 13.5. The van der Waals surface area contributed by atoms with Crippen molar-refractivity contribution in [3.8, 4) is 0 Å². The first-order valence-corrected chi connectivity index (χ1v) is 9.64. The molecule has 0 bridgehead atoms. The number of anilines is 1. The third kappa shape index (κ3) is 3.34. The predicted octanol–water partition coefficient (Wildman–Crippen LogP) is 2.94. The van der Waals surface area contributed by atoms with Crippen molar-refractivity contribution in [3.05, 3.63) is 63.6 Å². The second kappa shape index (κ2) is 7.45. The van der Waals surface area contributed by atoms with Gasteiger partial charge >= 0.3 is 0 Å². The lowest BCUT2D eigenvalue weighted by molar-refractivity contribution is -0.131. The molecule has 1 saturated heterocycles. The van der Waals surface area contributed by atoms with Crippen LogP contribution in [0.25, 0.3) is 0 Å². The summed E-state index contributed by atoms with van der Waals surface area (Å²) in [5, 5.41) is 0.989. The number of fused-ring (bicyclic) bond motifs is 1. The van der Waals surface area contributed by atoms with Crippen LogP contribution in [0.1, 0.15) is 20.7 Å². The number of carbonyl (C=O) groups is 3. The molecule has 8 heteroatoms. The lowest BCUT2D eigenvalue weighted by atomic mass is 10.1. The maximum atomic E-state index is 12.7.